The zero-order valence-electron chi connectivity index (χ0n) is 13.0. The van der Waals surface area contributed by atoms with Crippen LogP contribution in [0, 0.1) is 0 Å². The Bertz CT molecular complexity index is 787. The van der Waals surface area contributed by atoms with Crippen LogP contribution >= 0.6 is 0 Å². The van der Waals surface area contributed by atoms with Crippen molar-refractivity contribution in [3.05, 3.63) is 65.2 Å². The Morgan fingerprint density at radius 1 is 1.04 bits per heavy atom. The molecule has 0 aliphatic carbocycles. The summed E-state index contributed by atoms with van der Waals surface area (Å²) in [6.45, 7) is 0.322. The maximum absolute atomic E-state index is 12.1. The van der Waals surface area contributed by atoms with E-state index in [4.69, 9.17) is 0 Å². The van der Waals surface area contributed by atoms with Gasteiger partial charge in [0.15, 0.2) is 0 Å². The van der Waals surface area contributed by atoms with Gasteiger partial charge in [-0.1, -0.05) is 30.3 Å². The van der Waals surface area contributed by atoms with Crippen LogP contribution < -0.4 is 16.0 Å². The minimum atomic E-state index is -0.341. The summed E-state index contributed by atoms with van der Waals surface area (Å²) in [5.74, 6) is -0.680. The second kappa shape index (κ2) is 6.95. The Labute approximate surface area is 139 Å². The Morgan fingerprint density at radius 2 is 1.83 bits per heavy atom. The first-order chi connectivity index (χ1) is 11.6. The Kier molecular flexibility index (Phi) is 4.56. The summed E-state index contributed by atoms with van der Waals surface area (Å²) in [7, 11) is 0. The second-order valence-corrected chi connectivity index (χ2v) is 5.54. The Morgan fingerprint density at radius 3 is 2.62 bits per heavy atom. The molecule has 3 rings (SSSR count). The quantitative estimate of drug-likeness (QED) is 0.773. The minimum absolute atomic E-state index is 0.0807. The lowest BCUT2D eigenvalue weighted by atomic mass is 10.1. The summed E-state index contributed by atoms with van der Waals surface area (Å²) in [5.41, 5.74) is 2.95. The van der Waals surface area contributed by atoms with Gasteiger partial charge in [0, 0.05) is 17.8 Å². The predicted octanol–water partition coefficient (Wildman–Crippen LogP) is 1.23. The molecule has 6 nitrogen and oxygen atoms in total. The molecule has 1 heterocycles. The van der Waals surface area contributed by atoms with Crippen molar-refractivity contribution in [1.82, 2.24) is 10.6 Å². The van der Waals surface area contributed by atoms with Gasteiger partial charge in [0.05, 0.1) is 13.0 Å². The molecule has 0 saturated carbocycles. The maximum atomic E-state index is 12.1. The summed E-state index contributed by atoms with van der Waals surface area (Å²) in [5, 5.41) is 8.04. The zero-order valence-corrected chi connectivity index (χ0v) is 13.0. The van der Waals surface area contributed by atoms with Crippen molar-refractivity contribution in [1.29, 1.82) is 0 Å². The Hall–Kier alpha value is -3.15. The van der Waals surface area contributed by atoms with Crippen LogP contribution in [0.3, 0.4) is 0 Å². The number of rotatable bonds is 5. The number of hydrogen-bond acceptors (Lipinski definition) is 3. The molecule has 0 fully saturated rings. The molecule has 0 atom stereocenters. The molecule has 122 valence electrons. The molecule has 2 aromatic carbocycles. The first kappa shape index (κ1) is 15.7. The zero-order chi connectivity index (χ0) is 16.9. The van der Waals surface area contributed by atoms with Crippen molar-refractivity contribution in [2.75, 3.05) is 11.9 Å². The van der Waals surface area contributed by atoms with Crippen LogP contribution in [-0.2, 0) is 22.6 Å². The first-order valence-corrected chi connectivity index (χ1v) is 7.63. The van der Waals surface area contributed by atoms with E-state index in [-0.39, 0.29) is 30.7 Å². The lowest BCUT2D eigenvalue weighted by Crippen LogP contribution is -2.36. The molecule has 0 saturated heterocycles. The SMILES string of the molecule is O=C(CNC(=O)c1ccc2c(c1)CC(=O)N2)NCc1ccccc1. The lowest BCUT2D eigenvalue weighted by molar-refractivity contribution is -0.120. The molecule has 3 N–H and O–H groups in total. The molecule has 0 spiro atoms. The highest BCUT2D eigenvalue weighted by Gasteiger charge is 2.19. The van der Waals surface area contributed by atoms with E-state index in [0.29, 0.717) is 12.1 Å². The summed E-state index contributed by atoms with van der Waals surface area (Å²) in [4.78, 5) is 35.2. The van der Waals surface area contributed by atoms with Crippen molar-refractivity contribution in [2.24, 2.45) is 0 Å². The highest BCUT2D eigenvalue weighted by molar-refractivity contribution is 6.02. The highest BCUT2D eigenvalue weighted by Crippen LogP contribution is 2.23. The second-order valence-electron chi connectivity index (χ2n) is 5.54. The fraction of sp³-hybridized carbons (Fsp3) is 0.167. The number of carbonyl (C=O) groups is 3. The molecule has 2 aromatic rings. The molecule has 6 heteroatoms. The van der Waals surface area contributed by atoms with Crippen molar-refractivity contribution in [3.63, 3.8) is 0 Å². The van der Waals surface area contributed by atoms with Crippen LogP contribution in [0.25, 0.3) is 0 Å². The van der Waals surface area contributed by atoms with E-state index in [9.17, 15) is 14.4 Å². The van der Waals surface area contributed by atoms with Gasteiger partial charge in [-0.05, 0) is 29.3 Å². The molecule has 1 aliphatic heterocycles. The van der Waals surface area contributed by atoms with Crippen LogP contribution in [0.4, 0.5) is 5.69 Å². The fourth-order valence-corrected chi connectivity index (χ4v) is 2.49. The largest absolute Gasteiger partial charge is 0.350 e. The smallest absolute Gasteiger partial charge is 0.251 e. The van der Waals surface area contributed by atoms with Crippen LogP contribution in [0.1, 0.15) is 21.5 Å². The minimum Gasteiger partial charge on any atom is -0.350 e. The third-order valence-electron chi connectivity index (χ3n) is 3.73. The number of fused-ring (bicyclic) bond motifs is 1. The standard InChI is InChI=1S/C18H17N3O3/c22-16-9-14-8-13(6-7-15(14)21-16)18(24)20-11-17(23)19-10-12-4-2-1-3-5-12/h1-8H,9-11H2,(H,19,23)(H,20,24)(H,21,22). The van der Waals surface area contributed by atoms with Crippen LogP contribution in [0.5, 0.6) is 0 Å². The molecule has 0 radical (unpaired) electrons. The van der Waals surface area contributed by atoms with Crippen molar-refractivity contribution in [3.8, 4) is 0 Å². The van der Waals surface area contributed by atoms with Crippen LogP contribution in [0.2, 0.25) is 0 Å². The molecule has 3 amide bonds. The van der Waals surface area contributed by atoms with Gasteiger partial charge < -0.3 is 16.0 Å². The first-order valence-electron chi connectivity index (χ1n) is 7.63. The number of benzene rings is 2. The third-order valence-corrected chi connectivity index (χ3v) is 3.73. The van der Waals surface area contributed by atoms with Gasteiger partial charge in [0.2, 0.25) is 11.8 Å². The summed E-state index contributed by atoms with van der Waals surface area (Å²) >= 11 is 0. The maximum Gasteiger partial charge on any atom is 0.251 e. The third kappa shape index (κ3) is 3.78. The topological polar surface area (TPSA) is 87.3 Å². The van der Waals surface area contributed by atoms with E-state index in [1.807, 2.05) is 30.3 Å². The van der Waals surface area contributed by atoms with Crippen molar-refractivity contribution >= 4 is 23.4 Å². The van der Waals surface area contributed by atoms with Gasteiger partial charge in [0.25, 0.3) is 5.91 Å². The average molecular weight is 323 g/mol. The molecular formula is C18H17N3O3. The van der Waals surface area contributed by atoms with Gasteiger partial charge in [-0.15, -0.1) is 0 Å². The monoisotopic (exact) mass is 323 g/mol. The number of amides is 3. The van der Waals surface area contributed by atoms with E-state index >= 15 is 0 Å². The summed E-state index contributed by atoms with van der Waals surface area (Å²) < 4.78 is 0. The van der Waals surface area contributed by atoms with E-state index in [2.05, 4.69) is 16.0 Å². The highest BCUT2D eigenvalue weighted by atomic mass is 16.2. The van der Waals surface area contributed by atoms with Gasteiger partial charge in [-0.3, -0.25) is 14.4 Å². The number of nitrogens with one attached hydrogen (secondary N) is 3. The van der Waals surface area contributed by atoms with Crippen molar-refractivity contribution in [2.45, 2.75) is 13.0 Å². The summed E-state index contributed by atoms with van der Waals surface area (Å²) in [6.07, 6.45) is 0.272. The average Bonchev–Trinajstić information content (AvgIpc) is 2.97. The molecular weight excluding hydrogens is 306 g/mol. The molecule has 24 heavy (non-hydrogen) atoms. The van der Waals surface area contributed by atoms with Gasteiger partial charge in [-0.2, -0.15) is 0 Å². The predicted molar refractivity (Wildman–Crippen MR) is 89.4 cm³/mol. The number of hydrogen-bond donors (Lipinski definition) is 3. The van der Waals surface area contributed by atoms with Gasteiger partial charge in [-0.25, -0.2) is 0 Å². The summed E-state index contributed by atoms with van der Waals surface area (Å²) in [6, 6.07) is 14.5. The fourth-order valence-electron chi connectivity index (χ4n) is 2.49. The normalized spacial score (nSPS) is 12.2. The van der Waals surface area contributed by atoms with E-state index in [0.717, 1.165) is 16.8 Å². The van der Waals surface area contributed by atoms with Crippen LogP contribution in [0.15, 0.2) is 48.5 Å². The van der Waals surface area contributed by atoms with Crippen molar-refractivity contribution < 1.29 is 14.4 Å². The van der Waals surface area contributed by atoms with E-state index in [1.165, 1.54) is 0 Å². The molecule has 1 aliphatic rings. The van der Waals surface area contributed by atoms with Crippen LogP contribution in [-0.4, -0.2) is 24.3 Å². The Balaban J connectivity index is 1.49. The van der Waals surface area contributed by atoms with E-state index < -0.39 is 0 Å². The lowest BCUT2D eigenvalue weighted by Gasteiger charge is -2.08. The number of anilines is 1. The molecule has 0 aromatic heterocycles. The van der Waals surface area contributed by atoms with Gasteiger partial charge >= 0.3 is 0 Å². The van der Waals surface area contributed by atoms with E-state index in [1.54, 1.807) is 18.2 Å². The number of carbonyl (C=O) groups excluding carboxylic acids is 3. The molecule has 0 unspecified atom stereocenters. The van der Waals surface area contributed by atoms with Gasteiger partial charge in [0.1, 0.15) is 0 Å². The molecule has 0 bridgehead atoms.